The van der Waals surface area contributed by atoms with Gasteiger partial charge in [0.15, 0.2) is 6.29 Å². The van der Waals surface area contributed by atoms with Gasteiger partial charge in [-0.2, -0.15) is 0 Å². The molecule has 1 aromatic rings. The fraction of sp³-hybridized carbons (Fsp3) is 0.333. The zero-order valence-corrected chi connectivity index (χ0v) is 10.9. The molecule has 1 heterocycles. The summed E-state index contributed by atoms with van der Waals surface area (Å²) in [6.45, 7) is 1.77. The van der Waals surface area contributed by atoms with Gasteiger partial charge in [0, 0.05) is 28.8 Å². The molecule has 1 aromatic carbocycles. The quantitative estimate of drug-likeness (QED) is 0.843. The fourth-order valence-electron chi connectivity index (χ4n) is 1.90. The first-order valence-corrected chi connectivity index (χ1v) is 6.26. The number of carbonyl (C=O) groups excluding carboxylic acids is 2. The van der Waals surface area contributed by atoms with Crippen LogP contribution in [-0.2, 0) is 4.79 Å². The Kier molecular flexibility index (Phi) is 3.78. The van der Waals surface area contributed by atoms with Gasteiger partial charge in [0.1, 0.15) is 0 Å². The van der Waals surface area contributed by atoms with E-state index in [1.54, 1.807) is 6.07 Å². The minimum Gasteiger partial charge on any atom is -0.362 e. The largest absolute Gasteiger partial charge is 0.362 e. The van der Waals surface area contributed by atoms with Gasteiger partial charge in [-0.25, -0.2) is 0 Å². The molecule has 0 aromatic heterocycles. The first-order chi connectivity index (χ1) is 8.20. The van der Waals surface area contributed by atoms with Crippen LogP contribution in [0, 0.1) is 0 Å². The number of rotatable bonds is 2. The molecule has 17 heavy (non-hydrogen) atoms. The average molecular weight is 297 g/mol. The van der Waals surface area contributed by atoms with Crippen LogP contribution in [0.4, 0.5) is 5.69 Å². The van der Waals surface area contributed by atoms with Crippen LogP contribution in [0.1, 0.15) is 16.8 Å². The van der Waals surface area contributed by atoms with Crippen molar-refractivity contribution < 1.29 is 9.59 Å². The van der Waals surface area contributed by atoms with Gasteiger partial charge in [-0.05, 0) is 24.6 Å². The maximum Gasteiger partial charge on any atom is 0.239 e. The van der Waals surface area contributed by atoms with Crippen molar-refractivity contribution in [2.75, 3.05) is 24.5 Å². The Morgan fingerprint density at radius 2 is 2.24 bits per heavy atom. The number of anilines is 1. The number of aldehydes is 1. The molecular formula is C12H13BrN2O2. The summed E-state index contributed by atoms with van der Waals surface area (Å²) in [6, 6.07) is 5.46. The summed E-state index contributed by atoms with van der Waals surface area (Å²) in [6.07, 6.45) is 1.71. The van der Waals surface area contributed by atoms with E-state index in [9.17, 15) is 9.59 Å². The highest BCUT2D eigenvalue weighted by Gasteiger charge is 2.17. The smallest absolute Gasteiger partial charge is 0.239 e. The van der Waals surface area contributed by atoms with Crippen molar-refractivity contribution in [2.24, 2.45) is 0 Å². The fourth-order valence-corrected chi connectivity index (χ4v) is 2.25. The maximum atomic E-state index is 11.5. The molecule has 1 amide bonds. The molecule has 5 heteroatoms. The Morgan fingerprint density at radius 3 is 3.00 bits per heavy atom. The van der Waals surface area contributed by atoms with E-state index in [0.29, 0.717) is 18.7 Å². The Labute approximate surface area is 108 Å². The molecule has 0 radical (unpaired) electrons. The maximum absolute atomic E-state index is 11.5. The minimum absolute atomic E-state index is 0.000625. The van der Waals surface area contributed by atoms with Gasteiger partial charge in [-0.15, -0.1) is 0 Å². The van der Waals surface area contributed by atoms with Crippen LogP contribution in [0.5, 0.6) is 0 Å². The number of amides is 1. The topological polar surface area (TPSA) is 49.4 Å². The van der Waals surface area contributed by atoms with Gasteiger partial charge < -0.3 is 10.2 Å². The third-order valence-electron chi connectivity index (χ3n) is 2.72. The van der Waals surface area contributed by atoms with E-state index < -0.39 is 0 Å². The van der Waals surface area contributed by atoms with Crippen LogP contribution in [0.15, 0.2) is 22.7 Å². The second-order valence-electron chi connectivity index (χ2n) is 3.95. The number of nitrogens with one attached hydrogen (secondary N) is 1. The summed E-state index contributed by atoms with van der Waals surface area (Å²) in [5, 5.41) is 2.82. The summed E-state index contributed by atoms with van der Waals surface area (Å²) in [7, 11) is 0. The average Bonchev–Trinajstić information content (AvgIpc) is 2.54. The van der Waals surface area contributed by atoms with Crippen molar-refractivity contribution in [3.63, 3.8) is 0 Å². The molecule has 0 bridgehead atoms. The lowest BCUT2D eigenvalue weighted by molar-refractivity contribution is -0.119. The van der Waals surface area contributed by atoms with Crippen LogP contribution in [0.2, 0.25) is 0 Å². The van der Waals surface area contributed by atoms with E-state index in [0.717, 1.165) is 29.4 Å². The van der Waals surface area contributed by atoms with Gasteiger partial charge in [0.05, 0.1) is 6.54 Å². The summed E-state index contributed by atoms with van der Waals surface area (Å²) in [5.41, 5.74) is 1.43. The highest BCUT2D eigenvalue weighted by molar-refractivity contribution is 9.10. The second kappa shape index (κ2) is 5.31. The van der Waals surface area contributed by atoms with Crippen molar-refractivity contribution >= 4 is 33.8 Å². The molecular weight excluding hydrogens is 284 g/mol. The van der Waals surface area contributed by atoms with Crippen molar-refractivity contribution in [2.45, 2.75) is 6.42 Å². The summed E-state index contributed by atoms with van der Waals surface area (Å²) in [5.74, 6) is -0.000625. The minimum atomic E-state index is -0.000625. The number of hydrogen-bond acceptors (Lipinski definition) is 3. The zero-order chi connectivity index (χ0) is 12.3. The number of hydrogen-bond donors (Lipinski definition) is 1. The Morgan fingerprint density at radius 1 is 1.41 bits per heavy atom. The molecule has 2 rings (SSSR count). The highest BCUT2D eigenvalue weighted by Crippen LogP contribution is 2.24. The van der Waals surface area contributed by atoms with Crippen LogP contribution in [0.25, 0.3) is 0 Å². The Bertz CT molecular complexity index is 448. The third-order valence-corrected chi connectivity index (χ3v) is 3.21. The molecule has 1 aliphatic rings. The third kappa shape index (κ3) is 2.85. The van der Waals surface area contributed by atoms with E-state index in [4.69, 9.17) is 0 Å². The van der Waals surface area contributed by atoms with Crippen molar-refractivity contribution in [3.05, 3.63) is 28.2 Å². The number of nitrogens with zero attached hydrogens (tertiary/aromatic N) is 1. The predicted molar refractivity (Wildman–Crippen MR) is 69.4 cm³/mol. The molecule has 0 atom stereocenters. The van der Waals surface area contributed by atoms with E-state index in [1.165, 1.54) is 0 Å². The van der Waals surface area contributed by atoms with E-state index in [1.807, 2.05) is 17.0 Å². The summed E-state index contributed by atoms with van der Waals surface area (Å²) < 4.78 is 0.905. The summed E-state index contributed by atoms with van der Waals surface area (Å²) >= 11 is 3.38. The lowest BCUT2D eigenvalue weighted by Crippen LogP contribution is -2.33. The second-order valence-corrected chi connectivity index (χ2v) is 4.86. The van der Waals surface area contributed by atoms with Crippen molar-refractivity contribution in [1.29, 1.82) is 0 Å². The molecule has 90 valence electrons. The zero-order valence-electron chi connectivity index (χ0n) is 9.28. The molecule has 1 fully saturated rings. The molecule has 0 aliphatic carbocycles. The van der Waals surface area contributed by atoms with Crippen LogP contribution < -0.4 is 10.2 Å². The van der Waals surface area contributed by atoms with Gasteiger partial charge >= 0.3 is 0 Å². The standard InChI is InChI=1S/C12H13BrN2O2/c13-10-3-2-9(8-16)11(6-10)15-5-1-4-14-12(17)7-15/h2-3,6,8H,1,4-5,7H2,(H,14,17). The molecule has 0 saturated carbocycles. The predicted octanol–water partition coefficient (Wildman–Crippen LogP) is 1.59. The Balaban J connectivity index is 2.33. The van der Waals surface area contributed by atoms with Crippen LogP contribution in [0.3, 0.4) is 0 Å². The molecule has 4 nitrogen and oxygen atoms in total. The summed E-state index contributed by atoms with van der Waals surface area (Å²) in [4.78, 5) is 24.4. The number of halogens is 1. The van der Waals surface area contributed by atoms with Gasteiger partial charge in [0.25, 0.3) is 0 Å². The van der Waals surface area contributed by atoms with Crippen molar-refractivity contribution in [1.82, 2.24) is 5.32 Å². The number of carbonyl (C=O) groups is 2. The van der Waals surface area contributed by atoms with Gasteiger partial charge in [-0.1, -0.05) is 15.9 Å². The first kappa shape index (κ1) is 12.1. The monoisotopic (exact) mass is 296 g/mol. The molecule has 0 spiro atoms. The van der Waals surface area contributed by atoms with E-state index >= 15 is 0 Å². The van der Waals surface area contributed by atoms with Crippen LogP contribution in [-0.4, -0.2) is 31.8 Å². The van der Waals surface area contributed by atoms with Gasteiger partial charge in [-0.3, -0.25) is 9.59 Å². The lowest BCUT2D eigenvalue weighted by atomic mass is 10.1. The molecule has 0 unspecified atom stereocenters. The van der Waals surface area contributed by atoms with E-state index in [-0.39, 0.29) is 5.91 Å². The molecule has 1 N–H and O–H groups in total. The van der Waals surface area contributed by atoms with E-state index in [2.05, 4.69) is 21.2 Å². The van der Waals surface area contributed by atoms with Gasteiger partial charge in [0.2, 0.25) is 5.91 Å². The lowest BCUT2D eigenvalue weighted by Gasteiger charge is -2.23. The molecule has 1 saturated heterocycles. The number of benzene rings is 1. The normalized spacial score (nSPS) is 16.3. The molecule has 1 aliphatic heterocycles. The van der Waals surface area contributed by atoms with Crippen molar-refractivity contribution in [3.8, 4) is 0 Å². The first-order valence-electron chi connectivity index (χ1n) is 5.47. The Hall–Kier alpha value is -1.36. The SMILES string of the molecule is O=Cc1ccc(Br)cc1N1CCCNC(=O)C1. The van der Waals surface area contributed by atoms with Crippen LogP contribution >= 0.6 is 15.9 Å². The highest BCUT2D eigenvalue weighted by atomic mass is 79.9.